The van der Waals surface area contributed by atoms with Crippen LogP contribution >= 0.6 is 11.6 Å². The molecule has 0 fully saturated rings. The Bertz CT molecular complexity index is 1140. The van der Waals surface area contributed by atoms with E-state index in [1.54, 1.807) is 42.5 Å². The summed E-state index contributed by atoms with van der Waals surface area (Å²) in [6, 6.07) is 20.2. The van der Waals surface area contributed by atoms with Gasteiger partial charge in [-0.2, -0.15) is 0 Å². The van der Waals surface area contributed by atoms with Crippen LogP contribution in [0.3, 0.4) is 0 Å². The zero-order valence-electron chi connectivity index (χ0n) is 16.5. The van der Waals surface area contributed by atoms with Gasteiger partial charge in [0.05, 0.1) is 23.5 Å². The van der Waals surface area contributed by atoms with Crippen LogP contribution in [-0.4, -0.2) is 24.1 Å². The maximum absolute atomic E-state index is 13.3. The Hall–Kier alpha value is -3.51. The smallest absolute Gasteiger partial charge is 0.240 e. The summed E-state index contributed by atoms with van der Waals surface area (Å²) < 4.78 is 13.3. The molecule has 0 radical (unpaired) electrons. The standard InChI is InChI=1S/C24H19ClFN3O2/c25-18-9-5-16(6-10-18)14-27-23(30)15-29-22-4-2-1-3-20(22)28-21(13-24(29)31)17-7-11-19(26)12-8-17/h1-12H,13-15H2,(H,27,30). The number of halogens is 2. The van der Waals surface area contributed by atoms with Crippen LogP contribution in [0.1, 0.15) is 17.5 Å². The number of hydrogen-bond donors (Lipinski definition) is 1. The van der Waals surface area contributed by atoms with Gasteiger partial charge in [-0.15, -0.1) is 0 Å². The highest BCUT2D eigenvalue weighted by molar-refractivity contribution is 6.30. The molecule has 2 amide bonds. The lowest BCUT2D eigenvalue weighted by atomic mass is 10.1. The maximum atomic E-state index is 13.3. The summed E-state index contributed by atoms with van der Waals surface area (Å²) in [5.74, 6) is -0.901. The molecule has 0 saturated carbocycles. The lowest BCUT2D eigenvalue weighted by Gasteiger charge is -2.22. The summed E-state index contributed by atoms with van der Waals surface area (Å²) in [5.41, 5.74) is 3.24. The Kier molecular flexibility index (Phi) is 6.09. The minimum absolute atomic E-state index is 0.00474. The largest absolute Gasteiger partial charge is 0.350 e. The first-order valence-electron chi connectivity index (χ1n) is 9.73. The second kappa shape index (κ2) is 9.10. The maximum Gasteiger partial charge on any atom is 0.240 e. The van der Waals surface area contributed by atoms with Crippen molar-refractivity contribution in [3.05, 3.63) is 94.8 Å². The van der Waals surface area contributed by atoms with Crippen molar-refractivity contribution in [2.75, 3.05) is 11.4 Å². The van der Waals surface area contributed by atoms with Crippen molar-refractivity contribution in [3.63, 3.8) is 0 Å². The molecule has 4 rings (SSSR count). The summed E-state index contributed by atoms with van der Waals surface area (Å²) >= 11 is 5.89. The molecule has 0 bridgehead atoms. The highest BCUT2D eigenvalue weighted by Crippen LogP contribution is 2.32. The third-order valence-electron chi connectivity index (χ3n) is 4.93. The lowest BCUT2D eigenvalue weighted by Crippen LogP contribution is -2.41. The quantitative estimate of drug-likeness (QED) is 0.634. The van der Waals surface area contributed by atoms with Crippen LogP contribution in [0.4, 0.5) is 15.8 Å². The Morgan fingerprint density at radius 1 is 1.03 bits per heavy atom. The van der Waals surface area contributed by atoms with Crippen LogP contribution in [-0.2, 0) is 16.1 Å². The van der Waals surface area contributed by atoms with E-state index in [1.807, 2.05) is 18.2 Å². The van der Waals surface area contributed by atoms with Crippen molar-refractivity contribution >= 4 is 40.5 Å². The van der Waals surface area contributed by atoms with Crippen molar-refractivity contribution in [2.24, 2.45) is 4.99 Å². The molecule has 7 heteroatoms. The van der Waals surface area contributed by atoms with Gasteiger partial charge in [-0.1, -0.05) is 48.0 Å². The third kappa shape index (κ3) is 4.98. The molecule has 1 aliphatic heterocycles. The van der Waals surface area contributed by atoms with Gasteiger partial charge in [-0.05, 0) is 47.5 Å². The number of carbonyl (C=O) groups is 2. The summed E-state index contributed by atoms with van der Waals surface area (Å²) in [5, 5.41) is 3.46. The van der Waals surface area contributed by atoms with E-state index >= 15 is 0 Å². The van der Waals surface area contributed by atoms with E-state index in [2.05, 4.69) is 10.3 Å². The normalized spacial score (nSPS) is 13.3. The second-order valence-electron chi connectivity index (χ2n) is 7.11. The number of fused-ring (bicyclic) bond motifs is 1. The van der Waals surface area contributed by atoms with Gasteiger partial charge in [-0.3, -0.25) is 14.6 Å². The molecular formula is C24H19ClFN3O2. The second-order valence-corrected chi connectivity index (χ2v) is 7.55. The van der Waals surface area contributed by atoms with Gasteiger partial charge in [0.2, 0.25) is 11.8 Å². The van der Waals surface area contributed by atoms with Gasteiger partial charge in [0.25, 0.3) is 0 Å². The molecule has 1 aliphatic rings. The number of anilines is 1. The Balaban J connectivity index is 1.53. The molecule has 0 aromatic heterocycles. The Morgan fingerprint density at radius 2 is 1.74 bits per heavy atom. The summed E-state index contributed by atoms with van der Waals surface area (Å²) in [7, 11) is 0. The molecule has 5 nitrogen and oxygen atoms in total. The number of rotatable bonds is 5. The van der Waals surface area contributed by atoms with E-state index in [0.29, 0.717) is 34.2 Å². The van der Waals surface area contributed by atoms with Crippen molar-refractivity contribution in [3.8, 4) is 0 Å². The van der Waals surface area contributed by atoms with Crippen molar-refractivity contribution in [1.82, 2.24) is 5.32 Å². The van der Waals surface area contributed by atoms with Gasteiger partial charge >= 0.3 is 0 Å². The van der Waals surface area contributed by atoms with Crippen LogP contribution in [0.25, 0.3) is 0 Å². The molecule has 1 N–H and O–H groups in total. The minimum Gasteiger partial charge on any atom is -0.350 e. The topological polar surface area (TPSA) is 61.8 Å². The predicted octanol–water partition coefficient (Wildman–Crippen LogP) is 4.65. The van der Waals surface area contributed by atoms with E-state index < -0.39 is 0 Å². The van der Waals surface area contributed by atoms with Crippen LogP contribution in [0.2, 0.25) is 5.02 Å². The third-order valence-corrected chi connectivity index (χ3v) is 5.18. The molecule has 0 saturated heterocycles. The Morgan fingerprint density at radius 3 is 2.48 bits per heavy atom. The zero-order chi connectivity index (χ0) is 21.8. The first kappa shape index (κ1) is 20.8. The van der Waals surface area contributed by atoms with Crippen molar-refractivity contribution < 1.29 is 14.0 Å². The van der Waals surface area contributed by atoms with Crippen molar-refractivity contribution in [1.29, 1.82) is 0 Å². The molecule has 3 aromatic rings. The number of nitrogens with one attached hydrogen (secondary N) is 1. The average Bonchev–Trinajstić information content (AvgIpc) is 2.90. The fourth-order valence-corrected chi connectivity index (χ4v) is 3.46. The molecule has 0 unspecified atom stereocenters. The number of benzene rings is 3. The fraction of sp³-hybridized carbons (Fsp3) is 0.125. The predicted molar refractivity (Wildman–Crippen MR) is 119 cm³/mol. The highest BCUT2D eigenvalue weighted by Gasteiger charge is 2.26. The molecular weight excluding hydrogens is 417 g/mol. The monoisotopic (exact) mass is 435 g/mol. The van der Waals surface area contributed by atoms with Crippen LogP contribution in [0.5, 0.6) is 0 Å². The summed E-state index contributed by atoms with van der Waals surface area (Å²) in [6.45, 7) is 0.201. The van der Waals surface area contributed by atoms with E-state index in [0.717, 1.165) is 5.56 Å². The summed E-state index contributed by atoms with van der Waals surface area (Å²) in [4.78, 5) is 31.7. The van der Waals surface area contributed by atoms with Crippen LogP contribution < -0.4 is 10.2 Å². The van der Waals surface area contributed by atoms with Gasteiger partial charge in [-0.25, -0.2) is 4.39 Å². The first-order valence-corrected chi connectivity index (χ1v) is 10.1. The van der Waals surface area contributed by atoms with E-state index in [4.69, 9.17) is 11.6 Å². The number of amides is 2. The molecule has 0 atom stereocenters. The number of aliphatic imine (C=N–C) groups is 1. The fourth-order valence-electron chi connectivity index (χ4n) is 3.33. The molecule has 1 heterocycles. The molecule has 31 heavy (non-hydrogen) atoms. The highest BCUT2D eigenvalue weighted by atomic mass is 35.5. The first-order chi connectivity index (χ1) is 15.0. The number of hydrogen-bond acceptors (Lipinski definition) is 3. The van der Waals surface area contributed by atoms with E-state index in [1.165, 1.54) is 17.0 Å². The van der Waals surface area contributed by atoms with Crippen molar-refractivity contribution in [2.45, 2.75) is 13.0 Å². The number of nitrogens with zero attached hydrogens (tertiary/aromatic N) is 2. The Labute approximate surface area is 184 Å². The number of carbonyl (C=O) groups excluding carboxylic acids is 2. The summed E-state index contributed by atoms with van der Waals surface area (Å²) in [6.07, 6.45) is 0.00474. The molecule has 156 valence electrons. The van der Waals surface area contributed by atoms with Crippen LogP contribution in [0.15, 0.2) is 77.8 Å². The van der Waals surface area contributed by atoms with E-state index in [-0.39, 0.29) is 30.6 Å². The zero-order valence-corrected chi connectivity index (χ0v) is 17.3. The van der Waals surface area contributed by atoms with Gasteiger partial charge in [0.1, 0.15) is 12.4 Å². The van der Waals surface area contributed by atoms with Gasteiger partial charge in [0, 0.05) is 11.6 Å². The minimum atomic E-state index is -0.358. The average molecular weight is 436 g/mol. The number of para-hydroxylation sites is 2. The molecule has 3 aromatic carbocycles. The molecule has 0 aliphatic carbocycles. The SMILES string of the molecule is O=C(CN1C(=O)CC(c2ccc(F)cc2)=Nc2ccccc21)NCc1ccc(Cl)cc1. The van der Waals surface area contributed by atoms with Gasteiger partial charge < -0.3 is 10.2 Å². The van der Waals surface area contributed by atoms with E-state index in [9.17, 15) is 14.0 Å². The van der Waals surface area contributed by atoms with Crippen LogP contribution in [0, 0.1) is 5.82 Å². The van der Waals surface area contributed by atoms with Gasteiger partial charge in [0.15, 0.2) is 0 Å². The lowest BCUT2D eigenvalue weighted by molar-refractivity contribution is -0.123. The molecule has 0 spiro atoms.